The van der Waals surface area contributed by atoms with Gasteiger partial charge in [-0.05, 0) is 72.8 Å². The first kappa shape index (κ1) is 45.5. The monoisotopic (exact) mass is 915 g/mol. The minimum Gasteiger partial charge on any atom is -0.493 e. The van der Waals surface area contributed by atoms with Gasteiger partial charge in [0.1, 0.15) is 11.4 Å². The molecule has 0 saturated carbocycles. The molecular weight excluding hydrogens is 883 g/mol. The van der Waals surface area contributed by atoms with Gasteiger partial charge in [-0.3, -0.25) is 30.2 Å². The Balaban J connectivity index is 0.000000212. The van der Waals surface area contributed by atoms with Crippen molar-refractivity contribution in [3.63, 3.8) is 0 Å². The van der Waals surface area contributed by atoms with Crippen LogP contribution in [0.25, 0.3) is 33.9 Å². The first-order chi connectivity index (χ1) is 30.9. The van der Waals surface area contributed by atoms with Crippen LogP contribution in [0.1, 0.15) is 31.8 Å². The number of rotatable bonds is 12. The second-order valence-corrected chi connectivity index (χ2v) is 13.4. The minimum atomic E-state index is -1.13. The van der Waals surface area contributed by atoms with Crippen LogP contribution in [0, 0.1) is 20.2 Å². The van der Waals surface area contributed by atoms with Gasteiger partial charge in [0.25, 0.3) is 11.4 Å². The van der Waals surface area contributed by atoms with E-state index in [0.29, 0.717) is 33.9 Å². The van der Waals surface area contributed by atoms with Gasteiger partial charge in [0, 0.05) is 64.6 Å². The number of carboxylic acid groups (broad SMARTS) is 2. The number of benzene rings is 6. The second kappa shape index (κ2) is 20.2. The van der Waals surface area contributed by atoms with E-state index in [0.717, 1.165) is 0 Å². The van der Waals surface area contributed by atoms with Gasteiger partial charge in [0.05, 0.1) is 54.8 Å². The summed E-state index contributed by atoms with van der Waals surface area (Å²) in [5.74, 6) is -2.67. The Kier molecular flexibility index (Phi) is 14.1. The van der Waals surface area contributed by atoms with Crippen molar-refractivity contribution in [1.29, 1.82) is 0 Å². The van der Waals surface area contributed by atoms with E-state index in [1.54, 1.807) is 84.9 Å². The van der Waals surface area contributed by atoms with Crippen LogP contribution >= 0.6 is 0 Å². The summed E-state index contributed by atoms with van der Waals surface area (Å²) < 4.78 is 2.64. The number of hydrogen-bond acceptors (Lipinski definition) is 12. The van der Waals surface area contributed by atoms with Gasteiger partial charge in [-0.15, -0.1) is 0 Å². The molecule has 0 unspecified atom stereocenters. The van der Waals surface area contributed by atoms with Gasteiger partial charge in [-0.2, -0.15) is 10.2 Å². The normalized spacial score (nSPS) is 10.8. The molecule has 8 rings (SSSR count). The second-order valence-electron chi connectivity index (χ2n) is 13.4. The summed E-state index contributed by atoms with van der Waals surface area (Å²) in [5, 5.41) is 71.5. The molecule has 0 atom stereocenters. The Bertz CT molecular complexity index is 2870. The van der Waals surface area contributed by atoms with Gasteiger partial charge in [-0.1, -0.05) is 60.7 Å². The van der Waals surface area contributed by atoms with Crippen LogP contribution in [-0.2, 0) is 16.8 Å². The average Bonchev–Trinajstić information content (AvgIpc) is 3.83. The van der Waals surface area contributed by atoms with Gasteiger partial charge >= 0.3 is 11.9 Å². The number of nitro benzene ring substituents is 2. The van der Waals surface area contributed by atoms with Crippen molar-refractivity contribution in [2.24, 2.45) is 9.98 Å². The summed E-state index contributed by atoms with van der Waals surface area (Å²) in [6, 6.07) is 41.8. The number of carboxylic acids is 2. The number of non-ortho nitro benzene ring substituents is 2. The predicted molar refractivity (Wildman–Crippen MR) is 236 cm³/mol. The summed E-state index contributed by atoms with van der Waals surface area (Å²) in [4.78, 5) is 52.4. The molecule has 65 heavy (non-hydrogen) atoms. The standard InChI is InChI=1S/2C23H16N4O5.Co/c2*28-22-19(14-24-20-9-5-4-8-18(20)23(29)30)21(15-10-12-17(13-11-15)27(31)32)25-26(22)16-6-2-1-3-7-16;/h2*1-14,28H,(H,29,30);. The smallest absolute Gasteiger partial charge is 0.337 e. The molecule has 0 spiro atoms. The molecule has 19 heteroatoms. The molecule has 18 nitrogen and oxygen atoms in total. The average molecular weight is 916 g/mol. The minimum absolute atomic E-state index is 0. The van der Waals surface area contributed by atoms with Crippen molar-refractivity contribution >= 4 is 47.1 Å². The van der Waals surface area contributed by atoms with E-state index < -0.39 is 21.8 Å². The molecule has 8 aromatic rings. The van der Waals surface area contributed by atoms with E-state index in [2.05, 4.69) is 20.2 Å². The molecule has 2 heterocycles. The van der Waals surface area contributed by atoms with E-state index >= 15 is 0 Å². The molecule has 325 valence electrons. The number of hydrogen-bond donors (Lipinski definition) is 4. The molecule has 0 fully saturated rings. The van der Waals surface area contributed by atoms with Gasteiger partial charge in [-0.25, -0.2) is 19.0 Å². The molecule has 1 radical (unpaired) electrons. The van der Waals surface area contributed by atoms with Crippen molar-refractivity contribution in [3.05, 3.63) is 200 Å². The van der Waals surface area contributed by atoms with Gasteiger partial charge in [0.2, 0.25) is 11.8 Å². The largest absolute Gasteiger partial charge is 0.493 e. The van der Waals surface area contributed by atoms with Gasteiger partial charge in [0.15, 0.2) is 0 Å². The van der Waals surface area contributed by atoms with Crippen LogP contribution in [0.3, 0.4) is 0 Å². The maximum atomic E-state index is 11.5. The topological polar surface area (TPSA) is 262 Å². The molecule has 6 aromatic carbocycles. The molecule has 2 aromatic heterocycles. The Morgan fingerprint density at radius 1 is 0.508 bits per heavy atom. The number of aromatic hydroxyl groups is 2. The number of aromatic nitrogens is 4. The van der Waals surface area contributed by atoms with Crippen LogP contribution in [0.15, 0.2) is 168 Å². The zero-order valence-electron chi connectivity index (χ0n) is 33.3. The van der Waals surface area contributed by atoms with Crippen LogP contribution in [0.4, 0.5) is 22.7 Å². The van der Waals surface area contributed by atoms with Crippen molar-refractivity contribution in [2.45, 2.75) is 0 Å². The van der Waals surface area contributed by atoms with Crippen LogP contribution in [0.5, 0.6) is 11.8 Å². The van der Waals surface area contributed by atoms with Crippen LogP contribution < -0.4 is 0 Å². The number of aromatic carboxylic acids is 2. The maximum Gasteiger partial charge on any atom is 0.337 e. The molecule has 0 bridgehead atoms. The Labute approximate surface area is 377 Å². The third-order valence-corrected chi connectivity index (χ3v) is 9.43. The fourth-order valence-corrected chi connectivity index (χ4v) is 6.29. The molecule has 0 aliphatic carbocycles. The molecular formula is C46H32CoN8O10. The zero-order chi connectivity index (χ0) is 45.3. The Hall–Kier alpha value is -9.07. The van der Waals surface area contributed by atoms with Crippen molar-refractivity contribution < 1.29 is 56.6 Å². The van der Waals surface area contributed by atoms with E-state index in [9.17, 15) is 50.2 Å². The SMILES string of the molecule is O=C(O)c1ccccc1N=Cc1c(-c2ccc([N+](=O)[O-])cc2)nn(-c2ccccc2)c1O.O=C(O)c1ccccc1N=Cc1c(-c2ccc([N+](=O)[O-])cc2)nn(-c2ccccc2)c1O.[Co]. The quantitative estimate of drug-likeness (QED) is 0.0508. The summed E-state index contributed by atoms with van der Waals surface area (Å²) >= 11 is 0. The predicted octanol–water partition coefficient (Wildman–Crippen LogP) is 9.20. The number of nitrogens with zero attached hydrogens (tertiary/aromatic N) is 8. The summed E-state index contributed by atoms with van der Waals surface area (Å²) in [7, 11) is 0. The third kappa shape index (κ3) is 10.2. The fraction of sp³-hybridized carbons (Fsp3) is 0. The molecule has 0 aliphatic rings. The maximum absolute atomic E-state index is 11.5. The van der Waals surface area contributed by atoms with E-state index in [4.69, 9.17) is 0 Å². The fourth-order valence-electron chi connectivity index (χ4n) is 6.29. The molecule has 4 N–H and O–H groups in total. The van der Waals surface area contributed by atoms with Crippen LogP contribution in [0.2, 0.25) is 0 Å². The Morgan fingerprint density at radius 3 is 1.15 bits per heavy atom. The zero-order valence-corrected chi connectivity index (χ0v) is 34.4. The van der Waals surface area contributed by atoms with Crippen LogP contribution in [-0.4, -0.2) is 74.2 Å². The first-order valence-electron chi connectivity index (χ1n) is 18.9. The van der Waals surface area contributed by atoms with Crippen molar-refractivity contribution in [1.82, 2.24) is 19.6 Å². The number of para-hydroxylation sites is 4. The number of aliphatic imine (C=N–C) groups is 2. The Morgan fingerprint density at radius 2 is 0.831 bits per heavy atom. The summed E-state index contributed by atoms with van der Waals surface area (Å²) in [6.45, 7) is 0. The summed E-state index contributed by atoms with van der Waals surface area (Å²) in [6.07, 6.45) is 2.67. The van der Waals surface area contributed by atoms with E-state index in [1.165, 1.54) is 82.5 Å². The number of nitro groups is 2. The number of carbonyl (C=O) groups is 2. The molecule has 0 amide bonds. The van der Waals surface area contributed by atoms with Gasteiger partial charge < -0.3 is 20.4 Å². The summed E-state index contributed by atoms with van der Waals surface area (Å²) in [5.41, 5.74) is 3.66. The van der Waals surface area contributed by atoms with E-state index in [-0.39, 0.29) is 73.5 Å². The molecule has 0 saturated heterocycles. The first-order valence-corrected chi connectivity index (χ1v) is 18.9. The van der Waals surface area contributed by atoms with E-state index in [1.807, 2.05) is 12.1 Å². The molecule has 0 aliphatic heterocycles. The van der Waals surface area contributed by atoms with Crippen molar-refractivity contribution in [3.8, 4) is 45.6 Å². The van der Waals surface area contributed by atoms with Crippen molar-refractivity contribution in [2.75, 3.05) is 0 Å². The third-order valence-electron chi connectivity index (χ3n) is 9.43.